The number of carbonyl (C=O) groups excluding carboxylic acids is 3. The number of benzene rings is 2. The number of fused-ring (bicyclic) bond motifs is 3. The Labute approximate surface area is 267 Å². The van der Waals surface area contributed by atoms with Crippen LogP contribution in [0.4, 0.5) is 0 Å². The highest BCUT2D eigenvalue weighted by Gasteiger charge is 2.68. The van der Waals surface area contributed by atoms with E-state index in [2.05, 4.69) is 24.3 Å². The first-order valence-electron chi connectivity index (χ1n) is 16.0. The van der Waals surface area contributed by atoms with Crippen LogP contribution in [0, 0.1) is 23.7 Å². The highest BCUT2D eigenvalue weighted by molar-refractivity contribution is 6.24. The predicted octanol–water partition coefficient (Wildman–Crippen LogP) is 3.09. The second-order valence-electron chi connectivity index (χ2n) is 13.9. The Bertz CT molecular complexity index is 1660. The summed E-state index contributed by atoms with van der Waals surface area (Å²) in [7, 11) is 2.97. The van der Waals surface area contributed by atoms with Crippen molar-refractivity contribution in [2.75, 3.05) is 14.1 Å². The zero-order chi connectivity index (χ0) is 33.2. The van der Waals surface area contributed by atoms with Gasteiger partial charge < -0.3 is 31.3 Å². The molecule has 0 unspecified atom stereocenters. The molecule has 0 bridgehead atoms. The first kappa shape index (κ1) is 32.0. The molecule has 0 saturated heterocycles. The van der Waals surface area contributed by atoms with E-state index in [4.69, 9.17) is 5.73 Å². The summed E-state index contributed by atoms with van der Waals surface area (Å²) in [6.45, 7) is 1.74. The largest absolute Gasteiger partial charge is 0.508 e. The van der Waals surface area contributed by atoms with E-state index in [-0.39, 0.29) is 16.9 Å². The van der Waals surface area contributed by atoms with Gasteiger partial charge in [0.05, 0.1) is 23.6 Å². The van der Waals surface area contributed by atoms with Crippen LogP contribution in [-0.2, 0) is 27.2 Å². The van der Waals surface area contributed by atoms with Crippen LogP contribution in [0.2, 0.25) is 0 Å². The number of aliphatic hydroxyl groups excluding tert-OH is 3. The number of nitrogens with zero attached hydrogens (tertiary/aromatic N) is 1. The molecular weight excluding hydrogens is 588 g/mol. The molecule has 4 aliphatic carbocycles. The van der Waals surface area contributed by atoms with Gasteiger partial charge in [-0.2, -0.15) is 0 Å². The third kappa shape index (κ3) is 4.77. The van der Waals surface area contributed by atoms with Gasteiger partial charge in [-0.15, -0.1) is 0 Å². The van der Waals surface area contributed by atoms with Gasteiger partial charge in [-0.1, -0.05) is 49.4 Å². The molecule has 244 valence electrons. The van der Waals surface area contributed by atoms with Crippen LogP contribution in [-0.4, -0.2) is 79.7 Å². The Morgan fingerprint density at radius 2 is 1.57 bits per heavy atom. The van der Waals surface area contributed by atoms with Gasteiger partial charge in [0, 0.05) is 11.5 Å². The normalized spacial score (nSPS) is 32.7. The monoisotopic (exact) mass is 630 g/mol. The summed E-state index contributed by atoms with van der Waals surface area (Å²) in [4.78, 5) is 41.1. The van der Waals surface area contributed by atoms with Gasteiger partial charge in [-0.3, -0.25) is 19.3 Å². The highest BCUT2D eigenvalue weighted by Crippen LogP contribution is 2.56. The fourth-order valence-electron chi connectivity index (χ4n) is 8.72. The number of primary amides is 1. The van der Waals surface area contributed by atoms with E-state index in [0.717, 1.165) is 32.1 Å². The lowest BCUT2D eigenvalue weighted by Gasteiger charge is -2.53. The number of phenolic OH excluding ortho intramolecular Hbond substituents is 1. The predicted molar refractivity (Wildman–Crippen MR) is 170 cm³/mol. The Kier molecular flexibility index (Phi) is 8.11. The molecule has 0 aliphatic heterocycles. The van der Waals surface area contributed by atoms with E-state index in [1.807, 2.05) is 12.1 Å². The van der Waals surface area contributed by atoms with Crippen molar-refractivity contribution in [2.24, 2.45) is 29.4 Å². The average Bonchev–Trinajstić information content (AvgIpc) is 3.01. The van der Waals surface area contributed by atoms with E-state index in [1.54, 1.807) is 13.0 Å². The van der Waals surface area contributed by atoms with Crippen molar-refractivity contribution < 1.29 is 39.9 Å². The molecule has 1 amide bonds. The van der Waals surface area contributed by atoms with Crippen molar-refractivity contribution in [3.63, 3.8) is 0 Å². The van der Waals surface area contributed by atoms with Gasteiger partial charge in [0.2, 0.25) is 5.78 Å². The average molecular weight is 631 g/mol. The van der Waals surface area contributed by atoms with Gasteiger partial charge in [0.15, 0.2) is 11.4 Å². The number of rotatable bonds is 6. The number of aromatic hydroxyl groups is 1. The van der Waals surface area contributed by atoms with E-state index >= 15 is 0 Å². The molecule has 2 saturated carbocycles. The molecule has 46 heavy (non-hydrogen) atoms. The van der Waals surface area contributed by atoms with Crippen LogP contribution in [0.3, 0.4) is 0 Å². The summed E-state index contributed by atoms with van der Waals surface area (Å²) in [6, 6.07) is 12.7. The summed E-state index contributed by atoms with van der Waals surface area (Å²) in [5.74, 6) is -7.76. The lowest BCUT2D eigenvalue weighted by molar-refractivity contribution is -0.169. The van der Waals surface area contributed by atoms with E-state index < -0.39 is 70.1 Å². The first-order valence-corrected chi connectivity index (χ1v) is 16.0. The number of hydrogen-bond acceptors (Lipinski definition) is 9. The molecule has 2 fully saturated rings. The van der Waals surface area contributed by atoms with Crippen molar-refractivity contribution in [2.45, 2.75) is 69.1 Å². The summed E-state index contributed by atoms with van der Waals surface area (Å²) < 4.78 is 0. The zero-order valence-corrected chi connectivity index (χ0v) is 26.3. The number of phenols is 1. The molecule has 0 radical (unpaired) electrons. The molecule has 7 N–H and O–H groups in total. The van der Waals surface area contributed by atoms with E-state index in [9.17, 15) is 39.9 Å². The van der Waals surface area contributed by atoms with Gasteiger partial charge >= 0.3 is 0 Å². The topological polar surface area (TPSA) is 182 Å². The molecule has 6 atom stereocenters. The number of carbonyl (C=O) groups is 3. The lowest BCUT2D eigenvalue weighted by Crippen LogP contribution is -2.70. The van der Waals surface area contributed by atoms with Crippen LogP contribution in [0.5, 0.6) is 5.75 Å². The second-order valence-corrected chi connectivity index (χ2v) is 13.9. The van der Waals surface area contributed by atoms with Gasteiger partial charge in [0.25, 0.3) is 5.91 Å². The maximum atomic E-state index is 14.2. The molecule has 0 aromatic heterocycles. The molecule has 6 rings (SSSR count). The molecule has 4 aliphatic rings. The SMILES string of the molecule is C[C@@H]1c2ccc(CC3CCC(Cc4ccccc4)CC3)c(O)c2C(O)=C2C(=O)[C@@]3(O)C(O)=C(C(N)=O)C(=O)[C@H](N(C)C)[C@H]3[C@H](O)[C@H]21. The molecule has 2 aromatic rings. The van der Waals surface area contributed by atoms with Gasteiger partial charge in [-0.25, -0.2) is 0 Å². The van der Waals surface area contributed by atoms with Crippen LogP contribution in [0.25, 0.3) is 5.76 Å². The van der Waals surface area contributed by atoms with Crippen molar-refractivity contribution >= 4 is 23.2 Å². The first-order chi connectivity index (χ1) is 21.8. The Morgan fingerprint density at radius 1 is 0.957 bits per heavy atom. The summed E-state index contributed by atoms with van der Waals surface area (Å²) in [6.07, 6.45) is 4.16. The molecule has 10 heteroatoms. The van der Waals surface area contributed by atoms with Crippen molar-refractivity contribution in [1.29, 1.82) is 0 Å². The standard InChI is InChI=1S/C36H42N2O8/c1-17-22-14-13-21(16-20-11-9-19(10-12-20)15-18-7-5-4-6-8-18)29(39)24(22)30(40)25-23(17)31(41)27-28(38(2)3)32(42)26(35(37)45)34(44)36(27,46)33(25)43/h4-8,13-14,17,19-20,23,27-28,31,39-41,44,46H,9-12,15-16H2,1-3H3,(H2,37,45)/t17-,19?,20?,23+,27+,28-,31-,36-/m1/s1. The smallest absolute Gasteiger partial charge is 0.255 e. The third-order valence-corrected chi connectivity index (χ3v) is 11.1. The van der Waals surface area contributed by atoms with Crippen molar-refractivity contribution in [1.82, 2.24) is 4.90 Å². The Morgan fingerprint density at radius 3 is 2.15 bits per heavy atom. The van der Waals surface area contributed by atoms with E-state index in [1.165, 1.54) is 24.6 Å². The maximum Gasteiger partial charge on any atom is 0.255 e. The maximum absolute atomic E-state index is 14.2. The van der Waals surface area contributed by atoms with Crippen LogP contribution in [0.1, 0.15) is 60.8 Å². The minimum Gasteiger partial charge on any atom is -0.508 e. The van der Waals surface area contributed by atoms with Crippen LogP contribution in [0.15, 0.2) is 59.4 Å². The Hall–Kier alpha value is -3.99. The molecule has 10 nitrogen and oxygen atoms in total. The molecule has 0 spiro atoms. The number of aliphatic hydroxyl groups is 4. The van der Waals surface area contributed by atoms with Crippen LogP contribution < -0.4 is 5.73 Å². The van der Waals surface area contributed by atoms with Crippen LogP contribution >= 0.6 is 0 Å². The minimum absolute atomic E-state index is 0.0475. The summed E-state index contributed by atoms with van der Waals surface area (Å²) >= 11 is 0. The number of likely N-dealkylation sites (N-methyl/N-ethyl adjacent to an activating group) is 1. The molecule has 2 aromatic carbocycles. The summed E-state index contributed by atoms with van der Waals surface area (Å²) in [5, 5.41) is 58.0. The molecule has 0 heterocycles. The third-order valence-electron chi connectivity index (χ3n) is 11.1. The number of Topliss-reactive ketones (excluding diaryl/α,β-unsaturated/α-hetero) is 2. The van der Waals surface area contributed by atoms with Gasteiger partial charge in [0.1, 0.15) is 22.8 Å². The number of amides is 1. The quantitative estimate of drug-likeness (QED) is 0.261. The van der Waals surface area contributed by atoms with Crippen molar-refractivity contribution in [3.05, 3.63) is 81.6 Å². The zero-order valence-electron chi connectivity index (χ0n) is 26.3. The van der Waals surface area contributed by atoms with E-state index in [0.29, 0.717) is 29.4 Å². The number of ketones is 2. The number of hydrogen-bond donors (Lipinski definition) is 6. The molecular formula is C36H42N2O8. The van der Waals surface area contributed by atoms with Crippen molar-refractivity contribution in [3.8, 4) is 5.75 Å². The second kappa shape index (κ2) is 11.7. The Balaban J connectivity index is 1.34. The summed E-state index contributed by atoms with van der Waals surface area (Å²) in [5.41, 5.74) is 3.69. The minimum atomic E-state index is -2.92. The van der Waals surface area contributed by atoms with Gasteiger partial charge in [-0.05, 0) is 87.1 Å². The fourth-order valence-corrected chi connectivity index (χ4v) is 8.72. The fraction of sp³-hybridized carbons (Fsp3) is 0.472. The highest BCUT2D eigenvalue weighted by atomic mass is 16.4. The lowest BCUT2D eigenvalue weighted by atomic mass is 9.54. The number of nitrogens with two attached hydrogens (primary N) is 1.